The minimum atomic E-state index is -0.0329. The number of ether oxygens (including phenoxy) is 2. The summed E-state index contributed by atoms with van der Waals surface area (Å²) < 4.78 is 11.4. The number of aromatic nitrogens is 1. The van der Waals surface area contributed by atoms with Gasteiger partial charge in [-0.25, -0.2) is 4.98 Å². The second-order valence-corrected chi connectivity index (χ2v) is 5.29. The van der Waals surface area contributed by atoms with Gasteiger partial charge in [0.25, 0.3) is 0 Å². The van der Waals surface area contributed by atoms with Crippen molar-refractivity contribution in [1.82, 2.24) is 4.98 Å². The Balaban J connectivity index is 2.14. The lowest BCUT2D eigenvalue weighted by molar-refractivity contribution is 0.0187. The molecule has 0 radical (unpaired) electrons. The number of methoxy groups -OCH3 is 1. The summed E-state index contributed by atoms with van der Waals surface area (Å²) >= 11 is 0. The number of aryl methyl sites for hydroxylation is 2. The average Bonchev–Trinajstić information content (AvgIpc) is 2.38. The molecular weight excluding hydrogens is 242 g/mol. The maximum Gasteiger partial charge on any atom is 0.219 e. The maximum atomic E-state index is 9.47. The second kappa shape index (κ2) is 6.35. The normalized spacial score (nSPS) is 23.4. The molecule has 1 saturated carbocycles. The lowest BCUT2D eigenvalue weighted by Gasteiger charge is -2.29. The molecule has 106 valence electrons. The van der Waals surface area contributed by atoms with Crippen LogP contribution in [0.4, 0.5) is 0 Å². The van der Waals surface area contributed by atoms with Crippen molar-refractivity contribution in [1.29, 1.82) is 0 Å². The van der Waals surface area contributed by atoms with E-state index in [1.165, 1.54) is 0 Å². The summed E-state index contributed by atoms with van der Waals surface area (Å²) in [6, 6.07) is 1.97. The minimum Gasteiger partial charge on any atom is -0.474 e. The predicted molar refractivity (Wildman–Crippen MR) is 73.3 cm³/mol. The summed E-state index contributed by atoms with van der Waals surface area (Å²) in [6.45, 7) is 3.89. The van der Waals surface area contributed by atoms with Gasteiger partial charge in [0.2, 0.25) is 5.88 Å². The van der Waals surface area contributed by atoms with Crippen molar-refractivity contribution < 1.29 is 14.6 Å². The molecule has 2 rings (SSSR count). The van der Waals surface area contributed by atoms with Crippen molar-refractivity contribution in [2.75, 3.05) is 7.11 Å². The summed E-state index contributed by atoms with van der Waals surface area (Å²) in [5.41, 5.74) is 2.75. The molecule has 19 heavy (non-hydrogen) atoms. The SMILES string of the molecule is COC1CCCC(Oc2nc(C)cc(C)c2CO)C1. The van der Waals surface area contributed by atoms with E-state index >= 15 is 0 Å². The van der Waals surface area contributed by atoms with Crippen LogP contribution in [-0.2, 0) is 11.3 Å². The van der Waals surface area contributed by atoms with Crippen LogP contribution in [0.1, 0.15) is 42.5 Å². The zero-order chi connectivity index (χ0) is 13.8. The van der Waals surface area contributed by atoms with Gasteiger partial charge in [0, 0.05) is 24.8 Å². The molecule has 2 atom stereocenters. The van der Waals surface area contributed by atoms with Crippen molar-refractivity contribution in [2.45, 2.75) is 58.3 Å². The molecule has 0 saturated heterocycles. The van der Waals surface area contributed by atoms with Crippen LogP contribution >= 0.6 is 0 Å². The summed E-state index contributed by atoms with van der Waals surface area (Å²) in [5, 5.41) is 9.47. The number of pyridine rings is 1. The highest BCUT2D eigenvalue weighted by Gasteiger charge is 2.24. The first-order chi connectivity index (χ1) is 9.13. The zero-order valence-electron chi connectivity index (χ0n) is 12.0. The molecule has 0 aliphatic heterocycles. The lowest BCUT2D eigenvalue weighted by Crippen LogP contribution is -2.30. The van der Waals surface area contributed by atoms with Crippen LogP contribution in [0.15, 0.2) is 6.07 Å². The highest BCUT2D eigenvalue weighted by molar-refractivity contribution is 5.35. The van der Waals surface area contributed by atoms with Crippen LogP contribution in [0.5, 0.6) is 5.88 Å². The lowest BCUT2D eigenvalue weighted by atomic mass is 9.95. The maximum absolute atomic E-state index is 9.47. The summed E-state index contributed by atoms with van der Waals surface area (Å²) in [6.07, 6.45) is 4.56. The molecule has 0 bridgehead atoms. The summed E-state index contributed by atoms with van der Waals surface area (Å²) in [5.74, 6) is 0.585. The topological polar surface area (TPSA) is 51.6 Å². The van der Waals surface area contributed by atoms with E-state index in [4.69, 9.17) is 9.47 Å². The van der Waals surface area contributed by atoms with Crippen LogP contribution in [0, 0.1) is 13.8 Å². The largest absolute Gasteiger partial charge is 0.474 e. The van der Waals surface area contributed by atoms with Crippen molar-refractivity contribution in [3.8, 4) is 5.88 Å². The van der Waals surface area contributed by atoms with Gasteiger partial charge < -0.3 is 14.6 Å². The number of hydrogen-bond acceptors (Lipinski definition) is 4. The number of hydrogen-bond donors (Lipinski definition) is 1. The molecule has 1 aromatic rings. The van der Waals surface area contributed by atoms with E-state index in [0.717, 1.165) is 42.5 Å². The summed E-state index contributed by atoms with van der Waals surface area (Å²) in [4.78, 5) is 4.43. The number of rotatable bonds is 4. The van der Waals surface area contributed by atoms with E-state index in [2.05, 4.69) is 4.98 Å². The molecule has 4 nitrogen and oxygen atoms in total. The van der Waals surface area contributed by atoms with Gasteiger partial charge in [-0.05, 0) is 44.7 Å². The molecule has 0 spiro atoms. The fraction of sp³-hybridized carbons (Fsp3) is 0.667. The Bertz CT molecular complexity index is 434. The zero-order valence-corrected chi connectivity index (χ0v) is 12.0. The Morgan fingerprint density at radius 3 is 2.74 bits per heavy atom. The Hall–Kier alpha value is -1.13. The van der Waals surface area contributed by atoms with Crippen molar-refractivity contribution in [3.05, 3.63) is 22.9 Å². The highest BCUT2D eigenvalue weighted by atomic mass is 16.5. The third-order valence-corrected chi connectivity index (χ3v) is 3.79. The Morgan fingerprint density at radius 2 is 2.05 bits per heavy atom. The molecule has 1 fully saturated rings. The van der Waals surface area contributed by atoms with Gasteiger partial charge >= 0.3 is 0 Å². The number of aliphatic hydroxyl groups is 1. The minimum absolute atomic E-state index is 0.0329. The van der Waals surface area contributed by atoms with E-state index < -0.39 is 0 Å². The van der Waals surface area contributed by atoms with Gasteiger partial charge in [-0.3, -0.25) is 0 Å². The standard InChI is InChI=1S/C15H23NO3/c1-10-7-11(2)16-15(14(10)9-17)19-13-6-4-5-12(8-13)18-3/h7,12-13,17H,4-6,8-9H2,1-3H3. The molecule has 0 amide bonds. The molecule has 1 N–H and O–H groups in total. The molecular formula is C15H23NO3. The second-order valence-electron chi connectivity index (χ2n) is 5.29. The molecule has 1 aliphatic rings. The summed E-state index contributed by atoms with van der Waals surface area (Å²) in [7, 11) is 1.75. The van der Waals surface area contributed by atoms with Gasteiger partial charge in [-0.1, -0.05) is 0 Å². The molecule has 1 aromatic heterocycles. The Morgan fingerprint density at radius 1 is 1.32 bits per heavy atom. The number of nitrogens with zero attached hydrogens (tertiary/aromatic N) is 1. The van der Waals surface area contributed by atoms with Gasteiger partial charge in [0.1, 0.15) is 6.10 Å². The van der Waals surface area contributed by atoms with Crippen LogP contribution < -0.4 is 4.74 Å². The highest BCUT2D eigenvalue weighted by Crippen LogP contribution is 2.28. The quantitative estimate of drug-likeness (QED) is 0.909. The van der Waals surface area contributed by atoms with Crippen LogP contribution in [0.2, 0.25) is 0 Å². The number of aliphatic hydroxyl groups excluding tert-OH is 1. The predicted octanol–water partition coefficient (Wildman–Crippen LogP) is 2.53. The van der Waals surface area contributed by atoms with Gasteiger partial charge in [-0.15, -0.1) is 0 Å². The monoisotopic (exact) mass is 265 g/mol. The van der Waals surface area contributed by atoms with Crippen molar-refractivity contribution >= 4 is 0 Å². The molecule has 0 aromatic carbocycles. The average molecular weight is 265 g/mol. The third kappa shape index (κ3) is 3.45. The molecule has 2 unspecified atom stereocenters. The fourth-order valence-corrected chi connectivity index (χ4v) is 2.70. The van der Waals surface area contributed by atoms with E-state index in [9.17, 15) is 5.11 Å². The first-order valence-corrected chi connectivity index (χ1v) is 6.91. The van der Waals surface area contributed by atoms with Crippen molar-refractivity contribution in [2.24, 2.45) is 0 Å². The Labute approximate surface area is 114 Å². The third-order valence-electron chi connectivity index (χ3n) is 3.79. The van der Waals surface area contributed by atoms with Crippen LogP contribution in [0.25, 0.3) is 0 Å². The smallest absolute Gasteiger partial charge is 0.219 e. The molecule has 1 heterocycles. The van der Waals surface area contributed by atoms with Crippen LogP contribution in [-0.4, -0.2) is 29.4 Å². The molecule has 1 aliphatic carbocycles. The van der Waals surface area contributed by atoms with Gasteiger partial charge in [-0.2, -0.15) is 0 Å². The molecule has 4 heteroatoms. The van der Waals surface area contributed by atoms with E-state index in [1.807, 2.05) is 19.9 Å². The van der Waals surface area contributed by atoms with Gasteiger partial charge in [0.15, 0.2) is 0 Å². The Kier molecular flexibility index (Phi) is 4.77. The fourth-order valence-electron chi connectivity index (χ4n) is 2.70. The first kappa shape index (κ1) is 14.3. The van der Waals surface area contributed by atoms with E-state index in [0.29, 0.717) is 5.88 Å². The van der Waals surface area contributed by atoms with Gasteiger partial charge in [0.05, 0.1) is 12.7 Å². The van der Waals surface area contributed by atoms with E-state index in [-0.39, 0.29) is 18.8 Å². The van der Waals surface area contributed by atoms with E-state index in [1.54, 1.807) is 7.11 Å². The van der Waals surface area contributed by atoms with Crippen molar-refractivity contribution in [3.63, 3.8) is 0 Å². The van der Waals surface area contributed by atoms with Crippen LogP contribution in [0.3, 0.4) is 0 Å². The first-order valence-electron chi connectivity index (χ1n) is 6.91.